The van der Waals surface area contributed by atoms with Gasteiger partial charge in [0.15, 0.2) is 0 Å². The van der Waals surface area contributed by atoms with E-state index in [2.05, 4.69) is 0 Å². The van der Waals surface area contributed by atoms with Gasteiger partial charge >= 0.3 is 203 Å². The van der Waals surface area contributed by atoms with E-state index >= 15 is 0 Å². The number of carbonyl (C=O) groups is 2. The van der Waals surface area contributed by atoms with Gasteiger partial charge in [-0.3, -0.25) is 0 Å². The Bertz CT molecular complexity index is 853. The molecule has 8 heteroatoms. The number of amides is 2. The van der Waals surface area contributed by atoms with Gasteiger partial charge in [0, 0.05) is 0 Å². The van der Waals surface area contributed by atoms with Gasteiger partial charge in [-0.05, 0) is 0 Å². The van der Waals surface area contributed by atoms with Crippen LogP contribution in [0, 0.1) is 0 Å². The Morgan fingerprint density at radius 1 is 0.688 bits per heavy atom. The van der Waals surface area contributed by atoms with Gasteiger partial charge in [0.1, 0.15) is 0 Å². The number of ether oxygens (including phenoxy) is 2. The number of benzene rings is 2. The summed E-state index contributed by atoms with van der Waals surface area (Å²) in [5, 5.41) is 0. The molecule has 0 aliphatic carbocycles. The van der Waals surface area contributed by atoms with E-state index in [0.29, 0.717) is 26.2 Å². The fraction of sp³-hybridized carbons (Fsp3) is 0.417. The molecule has 0 heterocycles. The van der Waals surface area contributed by atoms with Crippen LogP contribution in [0.3, 0.4) is 0 Å². The number of nitrogens with zero attached hydrogens (tertiary/aromatic N) is 2. The molecule has 0 aliphatic heterocycles. The summed E-state index contributed by atoms with van der Waals surface area (Å²) in [5.74, 6) is 1.54. The van der Waals surface area contributed by atoms with Gasteiger partial charge in [-0.15, -0.1) is 0 Å². The molecular formula is C24H32N2O4Se2. The first-order valence-electron chi connectivity index (χ1n) is 10.7. The summed E-state index contributed by atoms with van der Waals surface area (Å²) in [5.41, 5.74) is 1.44. The third kappa shape index (κ3) is 6.29. The first kappa shape index (κ1) is 26.3. The van der Waals surface area contributed by atoms with Gasteiger partial charge in [0.25, 0.3) is 0 Å². The van der Waals surface area contributed by atoms with Crippen molar-refractivity contribution in [2.24, 2.45) is 0 Å². The van der Waals surface area contributed by atoms with Crippen molar-refractivity contribution in [2.75, 3.05) is 40.4 Å². The Kier molecular flexibility index (Phi) is 10.6. The Hall–Kier alpha value is -1.98. The summed E-state index contributed by atoms with van der Waals surface area (Å²) >= 11 is -0.0469. The standard InChI is InChI=1S/C24H32N2O4Se2/c1-7-25(8-2)23(27)19-13-11-17(29-5)15-21(19)31-32-22-16-18(30-6)12-14-20(22)24(28)26(9-3)10-4/h11-16H,7-10H2,1-6H3. The van der Waals surface area contributed by atoms with Crippen LogP contribution in [-0.4, -0.2) is 88.3 Å². The second kappa shape index (κ2) is 12.9. The van der Waals surface area contributed by atoms with Crippen LogP contribution in [0.4, 0.5) is 0 Å². The average Bonchev–Trinajstić information content (AvgIpc) is 2.83. The number of rotatable bonds is 11. The molecule has 0 saturated heterocycles. The molecule has 0 aromatic heterocycles. The molecule has 0 saturated carbocycles. The number of carbonyl (C=O) groups excluding carboxylic acids is 2. The monoisotopic (exact) mass is 572 g/mol. The first-order chi connectivity index (χ1) is 15.4. The fourth-order valence-corrected chi connectivity index (χ4v) is 10.3. The molecule has 0 fully saturated rings. The first-order valence-corrected chi connectivity index (χ1v) is 16.8. The fourth-order valence-electron chi connectivity index (χ4n) is 3.20. The van der Waals surface area contributed by atoms with Gasteiger partial charge in [0.2, 0.25) is 0 Å². The van der Waals surface area contributed by atoms with Gasteiger partial charge in [-0.1, -0.05) is 0 Å². The molecule has 0 atom stereocenters. The predicted molar refractivity (Wildman–Crippen MR) is 131 cm³/mol. The number of hydrogen-bond donors (Lipinski definition) is 0. The van der Waals surface area contributed by atoms with Crippen LogP contribution in [0.1, 0.15) is 48.4 Å². The van der Waals surface area contributed by atoms with Crippen molar-refractivity contribution < 1.29 is 19.1 Å². The zero-order valence-electron chi connectivity index (χ0n) is 19.6. The molecule has 0 aliphatic rings. The van der Waals surface area contributed by atoms with Crippen LogP contribution in [0.2, 0.25) is 0 Å². The predicted octanol–water partition coefficient (Wildman–Crippen LogP) is 1.94. The molecule has 32 heavy (non-hydrogen) atoms. The number of hydrogen-bond acceptors (Lipinski definition) is 4. The van der Waals surface area contributed by atoms with Gasteiger partial charge in [-0.2, -0.15) is 0 Å². The van der Waals surface area contributed by atoms with E-state index < -0.39 is 0 Å². The summed E-state index contributed by atoms with van der Waals surface area (Å²) in [4.78, 5) is 29.9. The van der Waals surface area contributed by atoms with Gasteiger partial charge in [0.05, 0.1) is 0 Å². The molecule has 0 radical (unpaired) electrons. The quantitative estimate of drug-likeness (QED) is 0.388. The Morgan fingerprint density at radius 2 is 1.03 bits per heavy atom. The van der Waals surface area contributed by atoms with Crippen molar-refractivity contribution in [1.29, 1.82) is 0 Å². The Morgan fingerprint density at radius 3 is 1.31 bits per heavy atom. The molecule has 2 rings (SSSR count). The minimum absolute atomic E-state index is 0.0235. The molecule has 0 N–H and O–H groups in total. The summed E-state index contributed by atoms with van der Waals surface area (Å²) in [6.07, 6.45) is 0. The number of methoxy groups -OCH3 is 2. The zero-order valence-corrected chi connectivity index (χ0v) is 23.1. The summed E-state index contributed by atoms with van der Waals surface area (Å²) in [7, 11) is 3.26. The normalized spacial score (nSPS) is 10.6. The van der Waals surface area contributed by atoms with Crippen molar-refractivity contribution in [3.63, 3.8) is 0 Å². The maximum atomic E-state index is 13.1. The van der Waals surface area contributed by atoms with Crippen molar-refractivity contribution in [2.45, 2.75) is 27.7 Å². The van der Waals surface area contributed by atoms with Crippen molar-refractivity contribution in [3.8, 4) is 11.5 Å². The minimum atomic E-state index is -0.0235. The van der Waals surface area contributed by atoms with Crippen molar-refractivity contribution in [3.05, 3.63) is 47.5 Å². The van der Waals surface area contributed by atoms with Crippen LogP contribution < -0.4 is 18.4 Å². The summed E-state index contributed by atoms with van der Waals surface area (Å²) in [6.45, 7) is 10.6. The molecule has 0 unspecified atom stereocenters. The van der Waals surface area contributed by atoms with Crippen LogP contribution in [-0.2, 0) is 0 Å². The average molecular weight is 570 g/mol. The third-order valence-electron chi connectivity index (χ3n) is 5.16. The van der Waals surface area contributed by atoms with E-state index in [1.54, 1.807) is 14.2 Å². The second-order valence-corrected chi connectivity index (χ2v) is 13.0. The van der Waals surface area contributed by atoms with E-state index in [1.165, 1.54) is 0 Å². The van der Waals surface area contributed by atoms with Crippen LogP contribution in [0.15, 0.2) is 36.4 Å². The second-order valence-electron chi connectivity index (χ2n) is 6.85. The molecule has 2 aromatic rings. The van der Waals surface area contributed by atoms with Gasteiger partial charge < -0.3 is 0 Å². The van der Waals surface area contributed by atoms with Crippen LogP contribution >= 0.6 is 0 Å². The molecule has 2 aromatic carbocycles. The van der Waals surface area contributed by atoms with E-state index in [9.17, 15) is 9.59 Å². The van der Waals surface area contributed by atoms with Crippen molar-refractivity contribution >= 4 is 47.0 Å². The molecular weight excluding hydrogens is 538 g/mol. The summed E-state index contributed by atoms with van der Waals surface area (Å²) in [6, 6.07) is 11.3. The Balaban J connectivity index is 2.42. The van der Waals surface area contributed by atoms with Crippen molar-refractivity contribution in [1.82, 2.24) is 9.80 Å². The third-order valence-corrected chi connectivity index (χ3v) is 12.3. The van der Waals surface area contributed by atoms with E-state index in [-0.39, 0.29) is 38.1 Å². The molecule has 2 amide bonds. The SMILES string of the molecule is CCN(CC)C(=O)c1ccc(OC)cc1[Se][Se]c1cc(OC)ccc1C(=O)N(CC)CC. The molecule has 174 valence electrons. The molecule has 0 bridgehead atoms. The zero-order chi connectivity index (χ0) is 23.7. The van der Waals surface area contributed by atoms with E-state index in [1.807, 2.05) is 73.9 Å². The topological polar surface area (TPSA) is 59.1 Å². The maximum absolute atomic E-state index is 13.1. The van der Waals surface area contributed by atoms with E-state index in [4.69, 9.17) is 9.47 Å². The van der Waals surface area contributed by atoms with Crippen LogP contribution in [0.5, 0.6) is 11.5 Å². The Labute approximate surface area is 202 Å². The molecule has 6 nitrogen and oxygen atoms in total. The van der Waals surface area contributed by atoms with E-state index in [0.717, 1.165) is 31.5 Å². The van der Waals surface area contributed by atoms with Gasteiger partial charge in [-0.25, -0.2) is 0 Å². The summed E-state index contributed by atoms with van der Waals surface area (Å²) < 4.78 is 12.8. The van der Waals surface area contributed by atoms with Crippen LogP contribution in [0.25, 0.3) is 0 Å². The molecule has 0 spiro atoms.